The molecule has 3 atom stereocenters. The number of ketones is 2. The Bertz CT molecular complexity index is 1010. The summed E-state index contributed by atoms with van der Waals surface area (Å²) in [5, 5.41) is 0. The highest BCUT2D eigenvalue weighted by Crippen LogP contribution is 2.34. The van der Waals surface area contributed by atoms with Crippen LogP contribution in [0.3, 0.4) is 0 Å². The number of carbonyl (C=O) groups excluding carboxylic acids is 2. The maximum Gasteiger partial charge on any atom is 0.162 e. The molecule has 3 unspecified atom stereocenters. The summed E-state index contributed by atoms with van der Waals surface area (Å²) in [4.78, 5) is 28.4. The SMILES string of the molecule is CCC(CC(CN1CCCC1)C(C)c1ccc(OC)c(C)c1)C(=O)CCCC(=O)c1ccc(OC)cc1. The van der Waals surface area contributed by atoms with Gasteiger partial charge in [0, 0.05) is 30.9 Å². The smallest absolute Gasteiger partial charge is 0.162 e. The highest BCUT2D eigenvalue weighted by molar-refractivity contribution is 5.96. The molecular weight excluding hydrogens is 462 g/mol. The molecule has 0 saturated carbocycles. The predicted octanol–water partition coefficient (Wildman–Crippen LogP) is 6.87. The van der Waals surface area contributed by atoms with Crippen LogP contribution >= 0.6 is 0 Å². The molecule has 3 rings (SSSR count). The molecule has 1 heterocycles. The predicted molar refractivity (Wildman–Crippen MR) is 150 cm³/mol. The standard InChI is InChI=1S/C32H45NO4/c1-6-25(30(34)10-9-11-31(35)26-12-15-29(36-4)16-13-26)21-28(22-33-18-7-8-19-33)24(3)27-14-17-32(37-5)23(2)20-27/h12-17,20,24-25,28H,6-11,18-19,21-22H2,1-5H3. The number of Topliss-reactive ketones (excluding diaryl/α,β-unsaturated/α-hetero) is 2. The normalized spacial score (nSPS) is 16.2. The van der Waals surface area contributed by atoms with Gasteiger partial charge >= 0.3 is 0 Å². The Morgan fingerprint density at radius 2 is 1.68 bits per heavy atom. The molecule has 0 bridgehead atoms. The van der Waals surface area contributed by atoms with Crippen molar-refractivity contribution in [2.45, 2.75) is 71.6 Å². The number of hydrogen-bond acceptors (Lipinski definition) is 5. The zero-order valence-corrected chi connectivity index (χ0v) is 23.4. The summed E-state index contributed by atoms with van der Waals surface area (Å²) < 4.78 is 10.6. The molecule has 37 heavy (non-hydrogen) atoms. The number of methoxy groups -OCH3 is 2. The van der Waals surface area contributed by atoms with Crippen molar-refractivity contribution in [3.8, 4) is 11.5 Å². The number of aryl methyl sites for hydroxylation is 1. The van der Waals surface area contributed by atoms with Gasteiger partial charge in [0.2, 0.25) is 0 Å². The van der Waals surface area contributed by atoms with Gasteiger partial charge in [-0.1, -0.05) is 26.0 Å². The van der Waals surface area contributed by atoms with Gasteiger partial charge in [-0.2, -0.15) is 0 Å². The van der Waals surface area contributed by atoms with E-state index in [4.69, 9.17) is 9.47 Å². The lowest BCUT2D eigenvalue weighted by Crippen LogP contribution is -2.32. The molecule has 1 fully saturated rings. The first-order valence-electron chi connectivity index (χ1n) is 13.9. The molecule has 0 radical (unpaired) electrons. The van der Waals surface area contributed by atoms with E-state index in [-0.39, 0.29) is 11.7 Å². The monoisotopic (exact) mass is 507 g/mol. The Kier molecular flexibility index (Phi) is 11.2. The number of nitrogens with zero attached hydrogens (tertiary/aromatic N) is 1. The van der Waals surface area contributed by atoms with E-state index < -0.39 is 0 Å². The lowest BCUT2D eigenvalue weighted by molar-refractivity contribution is -0.123. The Labute approximate surface area is 223 Å². The summed E-state index contributed by atoms with van der Waals surface area (Å²) in [5.74, 6) is 2.82. The van der Waals surface area contributed by atoms with Crippen molar-refractivity contribution < 1.29 is 19.1 Å². The Morgan fingerprint density at radius 1 is 0.973 bits per heavy atom. The maximum absolute atomic E-state index is 13.3. The van der Waals surface area contributed by atoms with E-state index in [1.54, 1.807) is 38.5 Å². The zero-order valence-electron chi connectivity index (χ0n) is 23.4. The maximum atomic E-state index is 13.3. The lowest BCUT2D eigenvalue weighted by Gasteiger charge is -2.31. The summed E-state index contributed by atoms with van der Waals surface area (Å²) in [6, 6.07) is 13.7. The Hall–Kier alpha value is -2.66. The van der Waals surface area contributed by atoms with Crippen LogP contribution < -0.4 is 9.47 Å². The molecule has 0 aliphatic carbocycles. The Balaban J connectivity index is 1.62. The summed E-state index contributed by atoms with van der Waals surface area (Å²) in [7, 11) is 3.32. The van der Waals surface area contributed by atoms with Gasteiger partial charge < -0.3 is 14.4 Å². The second-order valence-electron chi connectivity index (χ2n) is 10.6. The molecule has 1 saturated heterocycles. The second-order valence-corrected chi connectivity index (χ2v) is 10.6. The first-order chi connectivity index (χ1) is 17.9. The Morgan fingerprint density at radius 3 is 2.27 bits per heavy atom. The van der Waals surface area contributed by atoms with Gasteiger partial charge in [-0.3, -0.25) is 9.59 Å². The molecule has 0 N–H and O–H groups in total. The fourth-order valence-electron chi connectivity index (χ4n) is 5.63. The van der Waals surface area contributed by atoms with E-state index in [1.807, 2.05) is 0 Å². The average molecular weight is 508 g/mol. The number of ether oxygens (including phenoxy) is 2. The molecule has 0 amide bonds. The van der Waals surface area contributed by atoms with Gasteiger partial charge in [-0.15, -0.1) is 0 Å². The summed E-state index contributed by atoms with van der Waals surface area (Å²) in [6.45, 7) is 9.88. The molecule has 5 nitrogen and oxygen atoms in total. The van der Waals surface area contributed by atoms with Gasteiger partial charge in [0.25, 0.3) is 0 Å². The first kappa shape index (κ1) is 28.9. The molecule has 2 aromatic rings. The van der Waals surface area contributed by atoms with Crippen LogP contribution in [0.2, 0.25) is 0 Å². The van der Waals surface area contributed by atoms with Crippen molar-refractivity contribution in [3.05, 3.63) is 59.2 Å². The van der Waals surface area contributed by atoms with Crippen molar-refractivity contribution in [3.63, 3.8) is 0 Å². The first-order valence-corrected chi connectivity index (χ1v) is 13.9. The summed E-state index contributed by atoms with van der Waals surface area (Å²) in [5.41, 5.74) is 3.14. The van der Waals surface area contributed by atoms with Gasteiger partial charge in [0.1, 0.15) is 17.3 Å². The van der Waals surface area contributed by atoms with Gasteiger partial charge in [-0.05, 0) is 105 Å². The van der Waals surface area contributed by atoms with Gasteiger partial charge in [-0.25, -0.2) is 0 Å². The third-order valence-corrected chi connectivity index (χ3v) is 8.12. The van der Waals surface area contributed by atoms with E-state index >= 15 is 0 Å². The van der Waals surface area contributed by atoms with Gasteiger partial charge in [0.15, 0.2) is 5.78 Å². The zero-order chi connectivity index (χ0) is 26.8. The number of benzene rings is 2. The van der Waals surface area contributed by atoms with Crippen molar-refractivity contribution in [1.82, 2.24) is 4.90 Å². The second kappa shape index (κ2) is 14.3. The van der Waals surface area contributed by atoms with Crippen LogP contribution in [0.25, 0.3) is 0 Å². The molecule has 5 heteroatoms. The van der Waals surface area contributed by atoms with E-state index in [0.29, 0.717) is 42.4 Å². The molecule has 0 spiro atoms. The minimum atomic E-state index is 0.0329. The van der Waals surface area contributed by atoms with Crippen molar-refractivity contribution in [2.24, 2.45) is 11.8 Å². The third-order valence-electron chi connectivity index (χ3n) is 8.12. The minimum absolute atomic E-state index is 0.0329. The fraction of sp³-hybridized carbons (Fsp3) is 0.562. The van der Waals surface area contributed by atoms with Crippen LogP contribution in [0.15, 0.2) is 42.5 Å². The van der Waals surface area contributed by atoms with E-state index in [1.165, 1.54) is 18.4 Å². The van der Waals surface area contributed by atoms with E-state index in [2.05, 4.69) is 43.9 Å². The highest BCUT2D eigenvalue weighted by Gasteiger charge is 2.29. The number of hydrogen-bond donors (Lipinski definition) is 0. The van der Waals surface area contributed by atoms with Crippen LogP contribution in [0.1, 0.15) is 86.2 Å². The van der Waals surface area contributed by atoms with E-state index in [9.17, 15) is 9.59 Å². The number of rotatable bonds is 15. The summed E-state index contributed by atoms with van der Waals surface area (Å²) in [6.07, 6.45) is 5.73. The molecule has 0 aromatic heterocycles. The average Bonchev–Trinajstić information content (AvgIpc) is 3.43. The third kappa shape index (κ3) is 8.16. The quantitative estimate of drug-likeness (QED) is 0.246. The largest absolute Gasteiger partial charge is 0.497 e. The highest BCUT2D eigenvalue weighted by atomic mass is 16.5. The molecular formula is C32H45NO4. The van der Waals surface area contributed by atoms with Crippen molar-refractivity contribution in [2.75, 3.05) is 33.9 Å². The molecule has 1 aliphatic heterocycles. The van der Waals surface area contributed by atoms with Crippen LogP contribution in [0.5, 0.6) is 11.5 Å². The lowest BCUT2D eigenvalue weighted by atomic mass is 9.78. The molecule has 1 aliphatic rings. The fourth-order valence-corrected chi connectivity index (χ4v) is 5.63. The van der Waals surface area contributed by atoms with Gasteiger partial charge in [0.05, 0.1) is 14.2 Å². The minimum Gasteiger partial charge on any atom is -0.497 e. The van der Waals surface area contributed by atoms with Crippen LogP contribution in [-0.2, 0) is 4.79 Å². The topological polar surface area (TPSA) is 55.8 Å². The van der Waals surface area contributed by atoms with Crippen molar-refractivity contribution in [1.29, 1.82) is 0 Å². The number of likely N-dealkylation sites (tertiary alicyclic amines) is 1. The molecule has 2 aromatic carbocycles. The van der Waals surface area contributed by atoms with Crippen molar-refractivity contribution >= 4 is 11.6 Å². The van der Waals surface area contributed by atoms with E-state index in [0.717, 1.165) is 49.5 Å². The van der Waals surface area contributed by atoms with Crippen LogP contribution in [-0.4, -0.2) is 50.3 Å². The number of carbonyl (C=O) groups is 2. The molecule has 202 valence electrons. The van der Waals surface area contributed by atoms with Crippen LogP contribution in [0, 0.1) is 18.8 Å². The summed E-state index contributed by atoms with van der Waals surface area (Å²) >= 11 is 0. The van der Waals surface area contributed by atoms with Crippen LogP contribution in [0.4, 0.5) is 0 Å².